The lowest BCUT2D eigenvalue weighted by atomic mass is 10.1. The zero-order valence-corrected chi connectivity index (χ0v) is 14.2. The van der Waals surface area contributed by atoms with E-state index in [1.54, 1.807) is 12.1 Å². The molecule has 2 rings (SSSR count). The molecule has 6 heteroatoms. The van der Waals surface area contributed by atoms with E-state index >= 15 is 0 Å². The molecule has 0 aliphatic rings. The molecule has 0 aromatic heterocycles. The Balaban J connectivity index is 2.23. The second-order valence-electron chi connectivity index (χ2n) is 5.03. The highest BCUT2D eigenvalue weighted by atomic mass is 35.5. The SMILES string of the molecule is COc1cc(NC(=O)Nc2c(C)cccc2C)c(OC)cc1Cl. The van der Waals surface area contributed by atoms with Gasteiger partial charge in [-0.25, -0.2) is 4.79 Å². The van der Waals surface area contributed by atoms with Crippen molar-refractivity contribution in [2.75, 3.05) is 24.9 Å². The molecule has 2 N–H and O–H groups in total. The number of hydrogen-bond donors (Lipinski definition) is 2. The van der Waals surface area contributed by atoms with Crippen LogP contribution in [0.2, 0.25) is 5.02 Å². The molecule has 0 spiro atoms. The molecule has 2 amide bonds. The second-order valence-corrected chi connectivity index (χ2v) is 5.44. The average Bonchev–Trinajstić information content (AvgIpc) is 2.52. The standard InChI is InChI=1S/C17H19ClN2O3/c1-10-6-5-7-11(2)16(10)20-17(21)19-13-9-14(22-3)12(18)8-15(13)23-4/h5-9H,1-4H3,(H2,19,20,21). The van der Waals surface area contributed by atoms with Crippen LogP contribution in [0.1, 0.15) is 11.1 Å². The lowest BCUT2D eigenvalue weighted by molar-refractivity contribution is 0.262. The number of methoxy groups -OCH3 is 2. The van der Waals surface area contributed by atoms with Crippen molar-refractivity contribution in [3.63, 3.8) is 0 Å². The fourth-order valence-electron chi connectivity index (χ4n) is 2.24. The van der Waals surface area contributed by atoms with Gasteiger partial charge in [-0.15, -0.1) is 0 Å². The topological polar surface area (TPSA) is 59.6 Å². The van der Waals surface area contributed by atoms with Crippen LogP contribution in [-0.4, -0.2) is 20.3 Å². The number of carbonyl (C=O) groups is 1. The van der Waals surface area contributed by atoms with Crippen molar-refractivity contribution in [2.24, 2.45) is 0 Å². The Kier molecular flexibility index (Phi) is 5.34. The summed E-state index contributed by atoms with van der Waals surface area (Å²) in [5.41, 5.74) is 3.23. The number of benzene rings is 2. The summed E-state index contributed by atoms with van der Waals surface area (Å²) in [7, 11) is 3.01. The van der Waals surface area contributed by atoms with Gasteiger partial charge < -0.3 is 20.1 Å². The van der Waals surface area contributed by atoms with Gasteiger partial charge in [-0.1, -0.05) is 29.8 Å². The van der Waals surface area contributed by atoms with Crippen LogP contribution in [-0.2, 0) is 0 Å². The van der Waals surface area contributed by atoms with Crippen molar-refractivity contribution in [1.82, 2.24) is 0 Å². The lowest BCUT2D eigenvalue weighted by Gasteiger charge is -2.15. The number of carbonyl (C=O) groups excluding carboxylic acids is 1. The Hall–Kier alpha value is -2.40. The molecule has 5 nitrogen and oxygen atoms in total. The summed E-state index contributed by atoms with van der Waals surface area (Å²) in [5, 5.41) is 6.01. The molecular weight excluding hydrogens is 316 g/mol. The molecular formula is C17H19ClN2O3. The first kappa shape index (κ1) is 17.0. The van der Waals surface area contributed by atoms with Crippen LogP contribution in [0.3, 0.4) is 0 Å². The van der Waals surface area contributed by atoms with E-state index in [4.69, 9.17) is 21.1 Å². The number of nitrogens with one attached hydrogen (secondary N) is 2. The molecule has 122 valence electrons. The fraction of sp³-hybridized carbons (Fsp3) is 0.235. The zero-order valence-electron chi connectivity index (χ0n) is 13.5. The smallest absolute Gasteiger partial charge is 0.323 e. The van der Waals surface area contributed by atoms with E-state index < -0.39 is 0 Å². The van der Waals surface area contributed by atoms with E-state index in [2.05, 4.69) is 10.6 Å². The predicted molar refractivity (Wildman–Crippen MR) is 93.1 cm³/mol. The van der Waals surface area contributed by atoms with Gasteiger partial charge in [-0.05, 0) is 25.0 Å². The van der Waals surface area contributed by atoms with Gasteiger partial charge in [0.05, 0.1) is 24.9 Å². The lowest BCUT2D eigenvalue weighted by Crippen LogP contribution is -2.21. The minimum absolute atomic E-state index is 0.370. The molecule has 0 aliphatic carbocycles. The Morgan fingerprint density at radius 2 is 1.61 bits per heavy atom. The van der Waals surface area contributed by atoms with E-state index in [-0.39, 0.29) is 6.03 Å². The highest BCUT2D eigenvalue weighted by molar-refractivity contribution is 6.32. The van der Waals surface area contributed by atoms with Crippen LogP contribution in [0.5, 0.6) is 11.5 Å². The maximum Gasteiger partial charge on any atom is 0.323 e. The van der Waals surface area contributed by atoms with Crippen molar-refractivity contribution < 1.29 is 14.3 Å². The van der Waals surface area contributed by atoms with Gasteiger partial charge >= 0.3 is 6.03 Å². The first-order chi connectivity index (χ1) is 11.0. The summed E-state index contributed by atoms with van der Waals surface area (Å²) in [6, 6.07) is 8.66. The van der Waals surface area contributed by atoms with E-state index in [1.807, 2.05) is 32.0 Å². The van der Waals surface area contributed by atoms with E-state index in [1.165, 1.54) is 14.2 Å². The van der Waals surface area contributed by atoms with Gasteiger partial charge in [0.2, 0.25) is 0 Å². The number of rotatable bonds is 4. The highest BCUT2D eigenvalue weighted by Crippen LogP contribution is 2.36. The van der Waals surface area contributed by atoms with E-state index in [0.29, 0.717) is 22.2 Å². The molecule has 0 radical (unpaired) electrons. The van der Waals surface area contributed by atoms with Crippen LogP contribution >= 0.6 is 11.6 Å². The van der Waals surface area contributed by atoms with E-state index in [0.717, 1.165) is 16.8 Å². The molecule has 0 bridgehead atoms. The summed E-state index contributed by atoms with van der Waals surface area (Å²) in [6.45, 7) is 3.88. The number of halogens is 1. The summed E-state index contributed by atoms with van der Waals surface area (Å²) in [4.78, 5) is 12.3. The van der Waals surface area contributed by atoms with Crippen LogP contribution in [0.15, 0.2) is 30.3 Å². The molecule has 0 unspecified atom stereocenters. The van der Waals surface area contributed by atoms with Crippen molar-refractivity contribution in [1.29, 1.82) is 0 Å². The van der Waals surface area contributed by atoms with Gasteiger partial charge in [-0.3, -0.25) is 0 Å². The molecule has 0 atom stereocenters. The number of aryl methyl sites for hydroxylation is 2. The van der Waals surface area contributed by atoms with Gasteiger partial charge in [0.1, 0.15) is 11.5 Å². The van der Waals surface area contributed by atoms with Crippen LogP contribution < -0.4 is 20.1 Å². The van der Waals surface area contributed by atoms with Gasteiger partial charge in [0.15, 0.2) is 0 Å². The molecule has 0 aliphatic heterocycles. The van der Waals surface area contributed by atoms with Crippen molar-refractivity contribution in [3.8, 4) is 11.5 Å². The highest BCUT2D eigenvalue weighted by Gasteiger charge is 2.13. The molecule has 23 heavy (non-hydrogen) atoms. The van der Waals surface area contributed by atoms with Gasteiger partial charge in [0.25, 0.3) is 0 Å². The normalized spacial score (nSPS) is 10.1. The molecule has 0 fully saturated rings. The maximum absolute atomic E-state index is 12.3. The third-order valence-electron chi connectivity index (χ3n) is 3.44. The van der Waals surface area contributed by atoms with Crippen molar-refractivity contribution in [3.05, 3.63) is 46.5 Å². The Morgan fingerprint density at radius 3 is 2.17 bits per heavy atom. The zero-order chi connectivity index (χ0) is 17.0. The molecule has 0 heterocycles. The summed E-state index contributed by atoms with van der Waals surface area (Å²) in [5.74, 6) is 0.905. The third-order valence-corrected chi connectivity index (χ3v) is 3.74. The van der Waals surface area contributed by atoms with Gasteiger partial charge in [-0.2, -0.15) is 0 Å². The second kappa shape index (κ2) is 7.24. The minimum Gasteiger partial charge on any atom is -0.495 e. The number of ether oxygens (including phenoxy) is 2. The first-order valence-corrected chi connectivity index (χ1v) is 7.39. The Morgan fingerprint density at radius 1 is 1.00 bits per heavy atom. The summed E-state index contributed by atoms with van der Waals surface area (Å²) in [6.07, 6.45) is 0. The number of amides is 2. The maximum atomic E-state index is 12.3. The molecule has 2 aromatic carbocycles. The molecule has 0 saturated heterocycles. The number of hydrogen-bond acceptors (Lipinski definition) is 3. The van der Waals surface area contributed by atoms with Crippen molar-refractivity contribution in [2.45, 2.75) is 13.8 Å². The largest absolute Gasteiger partial charge is 0.495 e. The number of para-hydroxylation sites is 1. The summed E-state index contributed by atoms with van der Waals surface area (Å²) >= 11 is 6.05. The quantitative estimate of drug-likeness (QED) is 0.857. The Bertz CT molecular complexity index is 712. The first-order valence-electron chi connectivity index (χ1n) is 7.02. The van der Waals surface area contributed by atoms with Crippen molar-refractivity contribution >= 4 is 29.0 Å². The van der Waals surface area contributed by atoms with Crippen LogP contribution in [0.25, 0.3) is 0 Å². The van der Waals surface area contributed by atoms with Crippen LogP contribution in [0, 0.1) is 13.8 Å². The minimum atomic E-state index is -0.370. The third kappa shape index (κ3) is 3.87. The van der Waals surface area contributed by atoms with Gasteiger partial charge in [0, 0.05) is 17.8 Å². The number of urea groups is 1. The molecule has 2 aromatic rings. The van der Waals surface area contributed by atoms with E-state index in [9.17, 15) is 4.79 Å². The average molecular weight is 335 g/mol. The number of anilines is 2. The monoisotopic (exact) mass is 334 g/mol. The Labute approximate surface area is 140 Å². The molecule has 0 saturated carbocycles. The fourth-order valence-corrected chi connectivity index (χ4v) is 2.47. The van der Waals surface area contributed by atoms with Crippen LogP contribution in [0.4, 0.5) is 16.2 Å². The predicted octanol–water partition coefficient (Wildman–Crippen LogP) is 4.62. The summed E-state index contributed by atoms with van der Waals surface area (Å²) < 4.78 is 10.4.